The smallest absolute Gasteiger partial charge is 0.270 e. The number of rotatable bonds is 5. The van der Waals surface area contributed by atoms with Crippen LogP contribution in [0.4, 0.5) is 5.82 Å². The van der Waals surface area contributed by atoms with Crippen molar-refractivity contribution in [2.75, 3.05) is 18.0 Å². The van der Waals surface area contributed by atoms with Gasteiger partial charge in [0.1, 0.15) is 17.2 Å². The van der Waals surface area contributed by atoms with Crippen molar-refractivity contribution in [1.82, 2.24) is 20.6 Å². The second-order valence-corrected chi connectivity index (χ2v) is 11.7. The van der Waals surface area contributed by atoms with Crippen LogP contribution < -0.4 is 15.5 Å². The molecule has 8 heteroatoms. The summed E-state index contributed by atoms with van der Waals surface area (Å²) in [6.45, 7) is 3.37. The lowest BCUT2D eigenvalue weighted by atomic mass is 9.49. The molecule has 2 aromatic heterocycles. The molecule has 5 aliphatic rings. The van der Waals surface area contributed by atoms with Crippen LogP contribution in [0.3, 0.4) is 0 Å². The highest BCUT2D eigenvalue weighted by atomic mass is 16.3. The minimum absolute atomic E-state index is 0.122. The number of aryl methyl sites for hydroxylation is 1. The fraction of sp³-hybridized carbons (Fsp3) is 0.571. The van der Waals surface area contributed by atoms with E-state index in [4.69, 9.17) is 0 Å². The zero-order valence-corrected chi connectivity index (χ0v) is 20.9. The Morgan fingerprint density at radius 1 is 0.889 bits per heavy atom. The Labute approximate surface area is 211 Å². The molecule has 2 atom stereocenters. The monoisotopic (exact) mass is 489 g/mol. The molecule has 0 radical (unpaired) electrons. The molecule has 4 saturated carbocycles. The van der Waals surface area contributed by atoms with Crippen LogP contribution in [0.25, 0.3) is 0 Å². The third-order valence-electron chi connectivity index (χ3n) is 8.69. The number of amides is 2. The number of carbonyl (C=O) groups excluding carboxylic acids is 2. The molecule has 5 fully saturated rings. The molecule has 2 aromatic rings. The van der Waals surface area contributed by atoms with Crippen molar-refractivity contribution in [2.24, 2.45) is 11.8 Å². The average molecular weight is 490 g/mol. The van der Waals surface area contributed by atoms with E-state index in [0.29, 0.717) is 23.2 Å². The van der Waals surface area contributed by atoms with Crippen LogP contribution in [0.5, 0.6) is 0 Å². The average Bonchev–Trinajstić information content (AvgIpc) is 2.83. The highest BCUT2D eigenvalue weighted by Gasteiger charge is 2.59. The number of aromatic nitrogens is 2. The maximum atomic E-state index is 13.5. The number of carbonyl (C=O) groups is 2. The van der Waals surface area contributed by atoms with Gasteiger partial charge in [0.15, 0.2) is 0 Å². The highest BCUT2D eigenvalue weighted by Crippen LogP contribution is 2.57. The summed E-state index contributed by atoms with van der Waals surface area (Å²) in [5, 5.41) is 16.6. The first-order valence-electron chi connectivity index (χ1n) is 13.3. The number of nitrogens with zero attached hydrogens (tertiary/aromatic N) is 3. The maximum absolute atomic E-state index is 13.5. The predicted molar refractivity (Wildman–Crippen MR) is 136 cm³/mol. The molecule has 36 heavy (non-hydrogen) atoms. The second-order valence-electron chi connectivity index (χ2n) is 11.7. The van der Waals surface area contributed by atoms with Gasteiger partial charge in [-0.25, -0.2) is 9.97 Å². The van der Waals surface area contributed by atoms with Crippen LogP contribution in [0.1, 0.15) is 78.0 Å². The normalized spacial score (nSPS) is 31.3. The molecular weight excluding hydrogens is 454 g/mol. The minimum atomic E-state index is -0.318. The lowest BCUT2D eigenvalue weighted by Gasteiger charge is -2.62. The van der Waals surface area contributed by atoms with Crippen molar-refractivity contribution in [3.8, 4) is 0 Å². The van der Waals surface area contributed by atoms with Crippen LogP contribution in [0, 0.1) is 18.8 Å². The topological polar surface area (TPSA) is 107 Å². The molecule has 0 spiro atoms. The number of hydrogen-bond acceptors (Lipinski definition) is 6. The van der Waals surface area contributed by atoms with Gasteiger partial charge in [-0.3, -0.25) is 9.59 Å². The summed E-state index contributed by atoms with van der Waals surface area (Å²) in [6, 6.07) is 11.1. The van der Waals surface area contributed by atoms with E-state index in [2.05, 4.69) is 25.5 Å². The van der Waals surface area contributed by atoms with Crippen molar-refractivity contribution in [1.29, 1.82) is 0 Å². The molecule has 4 aliphatic carbocycles. The summed E-state index contributed by atoms with van der Waals surface area (Å²) in [5.41, 5.74) is 1.09. The molecule has 4 bridgehead atoms. The van der Waals surface area contributed by atoms with Gasteiger partial charge in [0.25, 0.3) is 11.8 Å². The Balaban J connectivity index is 1.19. The molecule has 1 saturated heterocycles. The number of nitrogens with one attached hydrogen (secondary N) is 2. The number of aliphatic hydroxyl groups is 1. The first-order valence-corrected chi connectivity index (χ1v) is 13.3. The molecule has 0 aromatic carbocycles. The maximum Gasteiger partial charge on any atom is 0.270 e. The third-order valence-corrected chi connectivity index (χ3v) is 8.69. The summed E-state index contributed by atoms with van der Waals surface area (Å²) >= 11 is 0. The van der Waals surface area contributed by atoms with Crippen molar-refractivity contribution in [2.45, 2.75) is 75.5 Å². The molecule has 2 unspecified atom stereocenters. The molecule has 2 amide bonds. The van der Waals surface area contributed by atoms with Gasteiger partial charge in [0.2, 0.25) is 0 Å². The van der Waals surface area contributed by atoms with E-state index >= 15 is 0 Å². The zero-order valence-electron chi connectivity index (χ0n) is 20.9. The molecule has 8 nitrogen and oxygen atoms in total. The van der Waals surface area contributed by atoms with E-state index in [0.717, 1.165) is 69.5 Å². The lowest BCUT2D eigenvalue weighted by Crippen LogP contribution is -2.70. The number of aliphatic hydroxyl groups excluding tert-OH is 1. The van der Waals surface area contributed by atoms with Crippen LogP contribution in [-0.4, -0.2) is 57.2 Å². The SMILES string of the molecule is Cc1cccc(C(=O)NC23CC4CC(C2)CC(NC(=O)c2cccc(N5CCC(O)CC5)n2)(C4)C3)n1. The summed E-state index contributed by atoms with van der Waals surface area (Å²) in [5.74, 6) is 1.52. The third kappa shape index (κ3) is 4.47. The fourth-order valence-electron chi connectivity index (χ4n) is 7.66. The quantitative estimate of drug-likeness (QED) is 0.596. The Bertz CT molecular complexity index is 1160. The van der Waals surface area contributed by atoms with E-state index in [1.807, 2.05) is 31.2 Å². The van der Waals surface area contributed by atoms with Crippen molar-refractivity contribution < 1.29 is 14.7 Å². The Kier molecular flexibility index (Phi) is 5.74. The first kappa shape index (κ1) is 23.4. The van der Waals surface area contributed by atoms with E-state index < -0.39 is 0 Å². The second kappa shape index (κ2) is 8.83. The van der Waals surface area contributed by atoms with Gasteiger partial charge in [-0.05, 0) is 94.4 Å². The lowest BCUT2D eigenvalue weighted by molar-refractivity contribution is -0.0449. The van der Waals surface area contributed by atoms with Gasteiger partial charge >= 0.3 is 0 Å². The summed E-state index contributed by atoms with van der Waals surface area (Å²) in [7, 11) is 0. The molecule has 7 rings (SSSR count). The fourth-order valence-corrected chi connectivity index (χ4v) is 7.66. The van der Waals surface area contributed by atoms with Gasteiger partial charge in [-0.1, -0.05) is 12.1 Å². The van der Waals surface area contributed by atoms with Crippen molar-refractivity contribution in [3.05, 3.63) is 53.5 Å². The van der Waals surface area contributed by atoms with Crippen LogP contribution in [0.15, 0.2) is 36.4 Å². The number of pyridine rings is 2. The minimum Gasteiger partial charge on any atom is -0.393 e. The van der Waals surface area contributed by atoms with Crippen molar-refractivity contribution >= 4 is 17.6 Å². The summed E-state index contributed by atoms with van der Waals surface area (Å²) in [4.78, 5) is 37.9. The highest BCUT2D eigenvalue weighted by molar-refractivity contribution is 5.94. The van der Waals surface area contributed by atoms with Gasteiger partial charge in [0, 0.05) is 29.9 Å². The van der Waals surface area contributed by atoms with Crippen LogP contribution in [0.2, 0.25) is 0 Å². The number of hydrogen-bond donors (Lipinski definition) is 3. The van der Waals surface area contributed by atoms with Gasteiger partial charge < -0.3 is 20.6 Å². The molecule has 190 valence electrons. The molecule has 1 aliphatic heterocycles. The Morgan fingerprint density at radius 3 is 2.03 bits per heavy atom. The molecule has 3 N–H and O–H groups in total. The summed E-state index contributed by atoms with van der Waals surface area (Å²) in [6.07, 6.45) is 6.95. The van der Waals surface area contributed by atoms with E-state index in [1.165, 1.54) is 6.42 Å². The van der Waals surface area contributed by atoms with Gasteiger partial charge in [-0.15, -0.1) is 0 Å². The van der Waals surface area contributed by atoms with E-state index in [1.54, 1.807) is 12.1 Å². The van der Waals surface area contributed by atoms with Gasteiger partial charge in [0.05, 0.1) is 6.10 Å². The van der Waals surface area contributed by atoms with E-state index in [-0.39, 0.29) is 29.0 Å². The Morgan fingerprint density at radius 2 is 1.44 bits per heavy atom. The van der Waals surface area contributed by atoms with Crippen LogP contribution in [-0.2, 0) is 0 Å². The summed E-state index contributed by atoms with van der Waals surface area (Å²) < 4.78 is 0. The van der Waals surface area contributed by atoms with Crippen molar-refractivity contribution in [3.63, 3.8) is 0 Å². The van der Waals surface area contributed by atoms with Gasteiger partial charge in [-0.2, -0.15) is 0 Å². The Hall–Kier alpha value is -3.00. The van der Waals surface area contributed by atoms with E-state index in [9.17, 15) is 14.7 Å². The zero-order chi connectivity index (χ0) is 24.9. The first-order chi connectivity index (χ1) is 17.3. The largest absolute Gasteiger partial charge is 0.393 e. The standard InChI is InChI=1S/C28H35N5O3/c1-18-4-2-5-22(29-18)25(35)31-27-13-19-12-20(14-27)16-28(15-19,17-27)32-26(36)23-6-3-7-24(30-23)33-10-8-21(34)9-11-33/h2-7,19-21,34H,8-17H2,1H3,(H,31,35)(H,32,36). The molecular formula is C28H35N5O3. The van der Waals surface area contributed by atoms with Crippen LogP contribution >= 0.6 is 0 Å². The number of piperidine rings is 1. The molecule has 3 heterocycles. The number of anilines is 1. The predicted octanol–water partition coefficient (Wildman–Crippen LogP) is 3.00.